The van der Waals surface area contributed by atoms with Crippen LogP contribution in [0.2, 0.25) is 0 Å². The largest absolute Gasteiger partial charge is 0.340 e. The van der Waals surface area contributed by atoms with E-state index in [1.165, 1.54) is 12.1 Å². The molecule has 0 unspecified atom stereocenters. The molecule has 0 saturated heterocycles. The van der Waals surface area contributed by atoms with Gasteiger partial charge in [0.2, 0.25) is 0 Å². The van der Waals surface area contributed by atoms with E-state index in [0.717, 1.165) is 12.1 Å². The summed E-state index contributed by atoms with van der Waals surface area (Å²) in [7, 11) is 3.53. The molecule has 16 heavy (non-hydrogen) atoms. The fourth-order valence-electron chi connectivity index (χ4n) is 1.46. The average molecular weight is 224 g/mol. The van der Waals surface area contributed by atoms with Crippen molar-refractivity contribution in [1.82, 2.24) is 10.2 Å². The second-order valence-electron chi connectivity index (χ2n) is 3.85. The van der Waals surface area contributed by atoms with Gasteiger partial charge in [0, 0.05) is 25.7 Å². The number of amides is 1. The second-order valence-corrected chi connectivity index (χ2v) is 3.85. The number of benzene rings is 1. The first-order chi connectivity index (χ1) is 7.54. The second kappa shape index (κ2) is 5.61. The summed E-state index contributed by atoms with van der Waals surface area (Å²) in [5, 5.41) is 2.96. The quantitative estimate of drug-likeness (QED) is 0.839. The standard InChI is InChI=1S/C12H17FN2O/c1-9-6-10(8-11(13)7-9)12(16)15(3)5-4-14-2/h6-8,14H,4-5H2,1-3H3. The van der Waals surface area contributed by atoms with E-state index in [9.17, 15) is 9.18 Å². The SMILES string of the molecule is CNCCN(C)C(=O)c1cc(C)cc(F)c1. The van der Waals surface area contributed by atoms with E-state index >= 15 is 0 Å². The molecule has 1 rings (SSSR count). The first-order valence-corrected chi connectivity index (χ1v) is 5.22. The molecule has 0 fully saturated rings. The van der Waals surface area contributed by atoms with Crippen molar-refractivity contribution in [2.24, 2.45) is 0 Å². The van der Waals surface area contributed by atoms with Crippen LogP contribution in [0.25, 0.3) is 0 Å². The number of carbonyl (C=O) groups excluding carboxylic acids is 1. The monoisotopic (exact) mass is 224 g/mol. The number of hydrogen-bond acceptors (Lipinski definition) is 2. The molecule has 0 aliphatic carbocycles. The third-order valence-electron chi connectivity index (χ3n) is 2.33. The van der Waals surface area contributed by atoms with E-state index in [1.807, 2.05) is 7.05 Å². The Balaban J connectivity index is 2.79. The summed E-state index contributed by atoms with van der Waals surface area (Å²) < 4.78 is 13.1. The molecule has 0 atom stereocenters. The summed E-state index contributed by atoms with van der Waals surface area (Å²) >= 11 is 0. The van der Waals surface area contributed by atoms with E-state index < -0.39 is 0 Å². The van der Waals surface area contributed by atoms with Crippen LogP contribution in [0.3, 0.4) is 0 Å². The molecule has 0 spiro atoms. The first kappa shape index (κ1) is 12.6. The van der Waals surface area contributed by atoms with Crippen LogP contribution in [0.4, 0.5) is 4.39 Å². The highest BCUT2D eigenvalue weighted by atomic mass is 19.1. The van der Waals surface area contributed by atoms with Crippen molar-refractivity contribution in [2.45, 2.75) is 6.92 Å². The van der Waals surface area contributed by atoms with Gasteiger partial charge >= 0.3 is 0 Å². The van der Waals surface area contributed by atoms with Gasteiger partial charge in [-0.05, 0) is 37.7 Å². The Kier molecular flexibility index (Phi) is 4.43. The predicted octanol–water partition coefficient (Wildman–Crippen LogP) is 1.43. The van der Waals surface area contributed by atoms with Gasteiger partial charge in [0.1, 0.15) is 5.82 Å². The molecular weight excluding hydrogens is 207 g/mol. The zero-order chi connectivity index (χ0) is 12.1. The van der Waals surface area contributed by atoms with Gasteiger partial charge in [0.15, 0.2) is 0 Å². The maximum absolute atomic E-state index is 13.1. The van der Waals surface area contributed by atoms with E-state index in [0.29, 0.717) is 12.1 Å². The lowest BCUT2D eigenvalue weighted by atomic mass is 10.1. The fraction of sp³-hybridized carbons (Fsp3) is 0.417. The minimum absolute atomic E-state index is 0.155. The van der Waals surface area contributed by atoms with Gasteiger partial charge < -0.3 is 10.2 Å². The van der Waals surface area contributed by atoms with Crippen molar-refractivity contribution >= 4 is 5.91 Å². The molecule has 0 aliphatic rings. The van der Waals surface area contributed by atoms with Crippen LogP contribution in [0.5, 0.6) is 0 Å². The van der Waals surface area contributed by atoms with Crippen LogP contribution in [-0.4, -0.2) is 38.0 Å². The number of rotatable bonds is 4. The summed E-state index contributed by atoms with van der Waals surface area (Å²) in [5.74, 6) is -0.525. The molecular formula is C12H17FN2O. The fourth-order valence-corrected chi connectivity index (χ4v) is 1.46. The molecule has 1 aromatic carbocycles. The molecule has 1 aromatic rings. The topological polar surface area (TPSA) is 32.3 Å². The number of nitrogens with one attached hydrogen (secondary N) is 1. The summed E-state index contributed by atoms with van der Waals surface area (Å²) in [4.78, 5) is 13.5. The van der Waals surface area contributed by atoms with Gasteiger partial charge in [0.25, 0.3) is 5.91 Å². The molecule has 0 saturated carbocycles. The Morgan fingerprint density at radius 3 is 2.69 bits per heavy atom. The first-order valence-electron chi connectivity index (χ1n) is 5.22. The molecule has 1 amide bonds. The Bertz CT molecular complexity index is 359. The van der Waals surface area contributed by atoms with Crippen molar-refractivity contribution in [1.29, 1.82) is 0 Å². The molecule has 4 heteroatoms. The lowest BCUT2D eigenvalue weighted by molar-refractivity contribution is 0.0796. The van der Waals surface area contributed by atoms with Gasteiger partial charge in [-0.3, -0.25) is 4.79 Å². The third kappa shape index (κ3) is 3.31. The molecule has 0 bridgehead atoms. The lowest BCUT2D eigenvalue weighted by Crippen LogP contribution is -2.32. The Labute approximate surface area is 95.3 Å². The lowest BCUT2D eigenvalue weighted by Gasteiger charge is -2.17. The van der Waals surface area contributed by atoms with E-state index in [-0.39, 0.29) is 11.7 Å². The van der Waals surface area contributed by atoms with Crippen molar-refractivity contribution in [3.05, 3.63) is 35.1 Å². The van der Waals surface area contributed by atoms with Crippen LogP contribution in [0.1, 0.15) is 15.9 Å². The van der Waals surface area contributed by atoms with Crippen molar-refractivity contribution in [3.63, 3.8) is 0 Å². The van der Waals surface area contributed by atoms with Crippen molar-refractivity contribution in [2.75, 3.05) is 27.2 Å². The normalized spacial score (nSPS) is 10.2. The molecule has 0 radical (unpaired) electrons. The molecule has 3 nitrogen and oxygen atoms in total. The van der Waals surface area contributed by atoms with Gasteiger partial charge in [0.05, 0.1) is 0 Å². The number of hydrogen-bond donors (Lipinski definition) is 1. The van der Waals surface area contributed by atoms with Crippen LogP contribution in [0.15, 0.2) is 18.2 Å². The van der Waals surface area contributed by atoms with E-state index in [2.05, 4.69) is 5.32 Å². The predicted molar refractivity (Wildman–Crippen MR) is 62.0 cm³/mol. The van der Waals surface area contributed by atoms with Gasteiger partial charge in [-0.2, -0.15) is 0 Å². The molecule has 88 valence electrons. The van der Waals surface area contributed by atoms with Gasteiger partial charge in [-0.15, -0.1) is 0 Å². The van der Waals surface area contributed by atoms with Crippen molar-refractivity contribution < 1.29 is 9.18 Å². The van der Waals surface area contributed by atoms with Crippen molar-refractivity contribution in [3.8, 4) is 0 Å². The number of nitrogens with zero attached hydrogens (tertiary/aromatic N) is 1. The number of halogens is 1. The smallest absolute Gasteiger partial charge is 0.253 e. The summed E-state index contributed by atoms with van der Waals surface area (Å²) in [6, 6.07) is 4.37. The number of carbonyl (C=O) groups is 1. The number of aryl methyl sites for hydroxylation is 1. The van der Waals surface area contributed by atoms with Gasteiger partial charge in [-0.1, -0.05) is 0 Å². The maximum atomic E-state index is 13.1. The van der Waals surface area contributed by atoms with Crippen LogP contribution >= 0.6 is 0 Å². The van der Waals surface area contributed by atoms with Crippen LogP contribution < -0.4 is 5.32 Å². The highest BCUT2D eigenvalue weighted by Crippen LogP contribution is 2.10. The molecule has 0 aromatic heterocycles. The minimum Gasteiger partial charge on any atom is -0.340 e. The number of likely N-dealkylation sites (N-methyl/N-ethyl adjacent to an activating group) is 2. The molecule has 0 heterocycles. The van der Waals surface area contributed by atoms with E-state index in [1.54, 1.807) is 24.9 Å². The van der Waals surface area contributed by atoms with Crippen LogP contribution in [0, 0.1) is 12.7 Å². The Morgan fingerprint density at radius 1 is 1.44 bits per heavy atom. The molecule has 1 N–H and O–H groups in total. The molecule has 0 aliphatic heterocycles. The third-order valence-corrected chi connectivity index (χ3v) is 2.33. The highest BCUT2D eigenvalue weighted by molar-refractivity contribution is 5.94. The Morgan fingerprint density at radius 2 is 2.12 bits per heavy atom. The summed E-state index contributed by atoms with van der Waals surface area (Å²) in [6.07, 6.45) is 0. The summed E-state index contributed by atoms with van der Waals surface area (Å²) in [5.41, 5.74) is 1.15. The van der Waals surface area contributed by atoms with E-state index in [4.69, 9.17) is 0 Å². The Hall–Kier alpha value is -1.42. The maximum Gasteiger partial charge on any atom is 0.253 e. The van der Waals surface area contributed by atoms with Crippen LogP contribution in [-0.2, 0) is 0 Å². The van der Waals surface area contributed by atoms with Gasteiger partial charge in [-0.25, -0.2) is 4.39 Å². The zero-order valence-corrected chi connectivity index (χ0v) is 9.88. The average Bonchev–Trinajstić information content (AvgIpc) is 2.23. The zero-order valence-electron chi connectivity index (χ0n) is 9.88. The summed E-state index contributed by atoms with van der Waals surface area (Å²) in [6.45, 7) is 3.09. The highest BCUT2D eigenvalue weighted by Gasteiger charge is 2.12. The minimum atomic E-state index is -0.370.